The Morgan fingerprint density at radius 1 is 1.26 bits per heavy atom. The zero-order valence-corrected chi connectivity index (χ0v) is 14.4. The van der Waals surface area contributed by atoms with Crippen molar-refractivity contribution in [3.05, 3.63) is 47.0 Å². The lowest BCUT2D eigenvalue weighted by atomic mass is 10.2. The average molecular weight is 314 g/mol. The molecule has 2 rings (SSSR count). The molecule has 23 heavy (non-hydrogen) atoms. The Morgan fingerprint density at radius 3 is 2.74 bits per heavy atom. The molecule has 124 valence electrons. The summed E-state index contributed by atoms with van der Waals surface area (Å²) in [7, 11) is 1.78. The van der Waals surface area contributed by atoms with Gasteiger partial charge in [0, 0.05) is 32.0 Å². The van der Waals surface area contributed by atoms with Gasteiger partial charge >= 0.3 is 0 Å². The number of hydrogen-bond acceptors (Lipinski definition) is 3. The van der Waals surface area contributed by atoms with E-state index in [1.807, 2.05) is 23.9 Å². The average Bonchev–Trinajstić information content (AvgIpc) is 2.86. The molecule has 0 radical (unpaired) electrons. The molecule has 2 aromatic rings. The van der Waals surface area contributed by atoms with Gasteiger partial charge in [0.1, 0.15) is 0 Å². The lowest BCUT2D eigenvalue weighted by molar-refractivity contribution is 0.555. The first-order chi connectivity index (χ1) is 11.1. The third kappa shape index (κ3) is 5.09. The molecule has 0 saturated heterocycles. The van der Waals surface area contributed by atoms with Crippen LogP contribution in [0.4, 0.5) is 0 Å². The van der Waals surface area contributed by atoms with Gasteiger partial charge in [0.15, 0.2) is 5.96 Å². The molecule has 0 spiro atoms. The second-order valence-corrected chi connectivity index (χ2v) is 5.62. The second kappa shape index (κ2) is 8.31. The van der Waals surface area contributed by atoms with Crippen LogP contribution in [0.3, 0.4) is 0 Å². The van der Waals surface area contributed by atoms with Crippen molar-refractivity contribution >= 4 is 5.96 Å². The van der Waals surface area contributed by atoms with Gasteiger partial charge in [0.25, 0.3) is 0 Å². The minimum atomic E-state index is 0.670. The molecule has 0 fully saturated rings. The van der Waals surface area contributed by atoms with Crippen molar-refractivity contribution in [3.8, 4) is 0 Å². The summed E-state index contributed by atoms with van der Waals surface area (Å²) in [6.07, 6.45) is 2.81. The highest BCUT2D eigenvalue weighted by Crippen LogP contribution is 2.03. The third-order valence-corrected chi connectivity index (χ3v) is 3.71. The Hall–Kier alpha value is -2.37. The number of aromatic nitrogens is 3. The van der Waals surface area contributed by atoms with Gasteiger partial charge in [-0.2, -0.15) is 5.10 Å². The summed E-state index contributed by atoms with van der Waals surface area (Å²) >= 11 is 0. The van der Waals surface area contributed by atoms with E-state index in [2.05, 4.69) is 51.7 Å². The molecule has 0 aliphatic carbocycles. The van der Waals surface area contributed by atoms with Gasteiger partial charge in [0.05, 0.1) is 17.9 Å². The van der Waals surface area contributed by atoms with E-state index in [1.54, 1.807) is 7.05 Å². The molecule has 6 nitrogen and oxygen atoms in total. The smallest absolute Gasteiger partial charge is 0.191 e. The maximum absolute atomic E-state index is 4.47. The largest absolute Gasteiger partial charge is 0.356 e. The number of guanidine groups is 1. The van der Waals surface area contributed by atoms with Gasteiger partial charge in [-0.15, -0.1) is 0 Å². The van der Waals surface area contributed by atoms with E-state index in [4.69, 9.17) is 0 Å². The molecule has 0 aliphatic rings. The third-order valence-electron chi connectivity index (χ3n) is 3.71. The molecule has 0 aliphatic heterocycles. The molecule has 2 N–H and O–H groups in total. The number of nitrogens with zero attached hydrogens (tertiary/aromatic N) is 4. The highest BCUT2D eigenvalue weighted by molar-refractivity contribution is 5.79. The molecule has 0 bridgehead atoms. The molecule has 6 heteroatoms. The van der Waals surface area contributed by atoms with Crippen LogP contribution in [-0.4, -0.2) is 34.3 Å². The van der Waals surface area contributed by atoms with Gasteiger partial charge in [-0.05, 0) is 44.9 Å². The lowest BCUT2D eigenvalue weighted by Crippen LogP contribution is -2.37. The van der Waals surface area contributed by atoms with Gasteiger partial charge in [-0.3, -0.25) is 14.7 Å². The number of aliphatic imine (C=N–C) groups is 1. The van der Waals surface area contributed by atoms with E-state index < -0.39 is 0 Å². The van der Waals surface area contributed by atoms with E-state index in [0.717, 1.165) is 36.9 Å². The maximum atomic E-state index is 4.47. The number of pyridine rings is 1. The van der Waals surface area contributed by atoms with E-state index in [9.17, 15) is 0 Å². The molecular formula is C17H26N6. The van der Waals surface area contributed by atoms with Crippen LogP contribution in [0.15, 0.2) is 29.4 Å². The molecule has 0 aromatic carbocycles. The van der Waals surface area contributed by atoms with E-state index in [-0.39, 0.29) is 0 Å². The van der Waals surface area contributed by atoms with Crippen LogP contribution in [0.5, 0.6) is 0 Å². The number of nitrogens with one attached hydrogen (secondary N) is 2. The van der Waals surface area contributed by atoms with Crippen molar-refractivity contribution in [2.75, 3.05) is 13.6 Å². The van der Waals surface area contributed by atoms with Gasteiger partial charge < -0.3 is 10.6 Å². The molecular weight excluding hydrogens is 288 g/mol. The lowest BCUT2D eigenvalue weighted by Gasteiger charge is -2.12. The zero-order valence-electron chi connectivity index (χ0n) is 14.4. The molecule has 0 atom stereocenters. The van der Waals surface area contributed by atoms with Crippen molar-refractivity contribution in [1.29, 1.82) is 0 Å². The van der Waals surface area contributed by atoms with Crippen molar-refractivity contribution in [3.63, 3.8) is 0 Å². The predicted octanol–water partition coefficient (Wildman–Crippen LogP) is 1.96. The van der Waals surface area contributed by atoms with Crippen LogP contribution >= 0.6 is 0 Å². The predicted molar refractivity (Wildman–Crippen MR) is 93.5 cm³/mol. The highest BCUT2D eigenvalue weighted by atomic mass is 15.3. The Labute approximate surface area is 138 Å². The van der Waals surface area contributed by atoms with Crippen molar-refractivity contribution in [1.82, 2.24) is 25.4 Å². The summed E-state index contributed by atoms with van der Waals surface area (Å²) in [4.78, 5) is 8.62. The van der Waals surface area contributed by atoms with Crippen LogP contribution in [0.1, 0.15) is 29.1 Å². The fourth-order valence-corrected chi connectivity index (χ4v) is 2.43. The van der Waals surface area contributed by atoms with Crippen molar-refractivity contribution in [2.45, 2.75) is 40.3 Å². The minimum Gasteiger partial charge on any atom is -0.356 e. The molecule has 2 heterocycles. The summed E-state index contributed by atoms with van der Waals surface area (Å²) in [5.41, 5.74) is 4.49. The fourth-order valence-electron chi connectivity index (χ4n) is 2.43. The summed E-state index contributed by atoms with van der Waals surface area (Å²) < 4.78 is 2.05. The van der Waals surface area contributed by atoms with Gasteiger partial charge in [0.2, 0.25) is 0 Å². The van der Waals surface area contributed by atoms with E-state index in [1.165, 1.54) is 11.3 Å². The first-order valence-corrected chi connectivity index (χ1v) is 7.96. The number of rotatable bonds is 6. The molecule has 0 amide bonds. The minimum absolute atomic E-state index is 0.670. The second-order valence-electron chi connectivity index (χ2n) is 5.62. The van der Waals surface area contributed by atoms with Crippen molar-refractivity contribution < 1.29 is 0 Å². The molecule has 0 unspecified atom stereocenters. The Kier molecular flexibility index (Phi) is 6.14. The zero-order chi connectivity index (χ0) is 16.7. The topological polar surface area (TPSA) is 67.1 Å². The van der Waals surface area contributed by atoms with Crippen molar-refractivity contribution in [2.24, 2.45) is 4.99 Å². The molecule has 0 saturated carbocycles. The first kappa shape index (κ1) is 17.0. The fraction of sp³-hybridized carbons (Fsp3) is 0.471. The SMILES string of the molecule is CN=C(NCCCn1nc(C)cc1C)NCc1ncccc1C. The van der Waals surface area contributed by atoms with Crippen LogP contribution in [0.25, 0.3) is 0 Å². The normalized spacial score (nSPS) is 11.6. The Bertz CT molecular complexity index is 659. The summed E-state index contributed by atoms with van der Waals surface area (Å²) in [5.74, 6) is 0.795. The summed E-state index contributed by atoms with van der Waals surface area (Å²) in [6.45, 7) is 8.59. The Morgan fingerprint density at radius 2 is 2.09 bits per heavy atom. The Balaban J connectivity index is 1.73. The van der Waals surface area contributed by atoms with E-state index >= 15 is 0 Å². The monoisotopic (exact) mass is 314 g/mol. The maximum Gasteiger partial charge on any atom is 0.191 e. The van der Waals surface area contributed by atoms with Gasteiger partial charge in [-0.25, -0.2) is 0 Å². The number of aryl methyl sites for hydroxylation is 4. The van der Waals surface area contributed by atoms with Crippen LogP contribution in [-0.2, 0) is 13.1 Å². The summed E-state index contributed by atoms with van der Waals surface area (Å²) in [6, 6.07) is 6.11. The van der Waals surface area contributed by atoms with E-state index in [0.29, 0.717) is 6.54 Å². The van der Waals surface area contributed by atoms with Crippen LogP contribution in [0, 0.1) is 20.8 Å². The van der Waals surface area contributed by atoms with Gasteiger partial charge in [-0.1, -0.05) is 6.07 Å². The quantitative estimate of drug-likeness (QED) is 0.486. The highest BCUT2D eigenvalue weighted by Gasteiger charge is 2.03. The standard InChI is InChI=1S/C17H26N6/c1-13-7-5-8-19-16(13)12-21-17(18-4)20-9-6-10-23-15(3)11-14(2)22-23/h5,7-8,11H,6,9-10,12H2,1-4H3,(H2,18,20,21). The van der Waals surface area contributed by atoms with Crippen LogP contribution in [0.2, 0.25) is 0 Å². The van der Waals surface area contributed by atoms with Crippen LogP contribution < -0.4 is 10.6 Å². The first-order valence-electron chi connectivity index (χ1n) is 7.96. The summed E-state index contributed by atoms with van der Waals surface area (Å²) in [5, 5.41) is 11.1. The number of hydrogen-bond donors (Lipinski definition) is 2. The molecule has 2 aromatic heterocycles.